The summed E-state index contributed by atoms with van der Waals surface area (Å²) in [7, 11) is 0. The predicted octanol–water partition coefficient (Wildman–Crippen LogP) is 2.73. The third-order valence-electron chi connectivity index (χ3n) is 4.14. The first kappa shape index (κ1) is 17.2. The van der Waals surface area contributed by atoms with E-state index in [1.807, 2.05) is 12.1 Å². The minimum Gasteiger partial charge on any atom is -0.441 e. The fraction of sp³-hybridized carbons (Fsp3) is 0.167. The summed E-state index contributed by atoms with van der Waals surface area (Å²) in [4.78, 5) is 20.6. The molecule has 0 saturated heterocycles. The van der Waals surface area contributed by atoms with E-state index in [2.05, 4.69) is 20.2 Å². The Hall–Kier alpha value is -3.26. The Morgan fingerprint density at radius 3 is 2.74 bits per heavy atom. The van der Waals surface area contributed by atoms with Crippen molar-refractivity contribution in [3.63, 3.8) is 0 Å². The van der Waals surface area contributed by atoms with Gasteiger partial charge in [-0.3, -0.25) is 14.8 Å². The van der Waals surface area contributed by atoms with Crippen LogP contribution < -0.4 is 0 Å². The Balaban J connectivity index is 1.74. The van der Waals surface area contributed by atoms with E-state index < -0.39 is 5.72 Å². The van der Waals surface area contributed by atoms with Crippen molar-refractivity contribution in [2.24, 2.45) is 5.10 Å². The molecule has 1 aliphatic heterocycles. The first-order valence-electron chi connectivity index (χ1n) is 8.15. The lowest BCUT2D eigenvalue weighted by atomic mass is 10.1. The number of amides is 1. The Labute approximate surface area is 160 Å². The van der Waals surface area contributed by atoms with Gasteiger partial charge in [-0.05, 0) is 24.3 Å². The van der Waals surface area contributed by atoms with Crippen molar-refractivity contribution in [3.8, 4) is 5.69 Å². The monoisotopic (exact) mass is 382 g/mol. The number of rotatable bonds is 3. The highest BCUT2D eigenvalue weighted by Gasteiger charge is 2.46. The van der Waals surface area contributed by atoms with Gasteiger partial charge in [-0.25, -0.2) is 4.68 Å². The molecule has 1 unspecified atom stereocenters. The van der Waals surface area contributed by atoms with Gasteiger partial charge in [0.1, 0.15) is 5.69 Å². The van der Waals surface area contributed by atoms with Gasteiger partial charge in [0.25, 0.3) is 0 Å². The van der Waals surface area contributed by atoms with Crippen LogP contribution in [0.15, 0.2) is 60.2 Å². The fourth-order valence-corrected chi connectivity index (χ4v) is 3.04. The molecule has 0 aromatic carbocycles. The number of hydrazone groups is 1. The van der Waals surface area contributed by atoms with E-state index in [4.69, 9.17) is 16.3 Å². The molecular weight excluding hydrogens is 368 g/mol. The third-order valence-corrected chi connectivity index (χ3v) is 4.42. The number of carbonyl (C=O) groups is 1. The maximum atomic E-state index is 12.2. The van der Waals surface area contributed by atoms with Gasteiger partial charge in [0, 0.05) is 32.4 Å². The van der Waals surface area contributed by atoms with Gasteiger partial charge in [-0.1, -0.05) is 17.7 Å². The summed E-state index contributed by atoms with van der Waals surface area (Å²) in [6.07, 6.45) is 6.64. The van der Waals surface area contributed by atoms with Crippen LogP contribution >= 0.6 is 11.6 Å². The predicted molar refractivity (Wildman–Crippen MR) is 98.1 cm³/mol. The Morgan fingerprint density at radius 1 is 1.22 bits per heavy atom. The van der Waals surface area contributed by atoms with Crippen LogP contribution in [0.5, 0.6) is 0 Å². The molecule has 9 heteroatoms. The second-order valence-electron chi connectivity index (χ2n) is 6.03. The van der Waals surface area contributed by atoms with Crippen molar-refractivity contribution in [1.29, 1.82) is 0 Å². The van der Waals surface area contributed by atoms with Crippen molar-refractivity contribution in [2.45, 2.75) is 19.6 Å². The van der Waals surface area contributed by atoms with Crippen LogP contribution in [-0.4, -0.2) is 36.6 Å². The average Bonchev–Trinajstić information content (AvgIpc) is 3.24. The van der Waals surface area contributed by atoms with E-state index in [9.17, 15) is 4.79 Å². The molecule has 0 N–H and O–H groups in total. The summed E-state index contributed by atoms with van der Waals surface area (Å²) in [5.41, 5.74) is 0.573. The lowest BCUT2D eigenvalue weighted by molar-refractivity contribution is -0.146. The zero-order valence-electron chi connectivity index (χ0n) is 14.6. The van der Waals surface area contributed by atoms with Gasteiger partial charge >= 0.3 is 0 Å². The van der Waals surface area contributed by atoms with Crippen LogP contribution in [0.4, 0.5) is 0 Å². The van der Waals surface area contributed by atoms with Crippen LogP contribution in [0.25, 0.3) is 5.69 Å². The second-order valence-corrected chi connectivity index (χ2v) is 6.38. The van der Waals surface area contributed by atoms with Gasteiger partial charge < -0.3 is 4.74 Å². The van der Waals surface area contributed by atoms with E-state index in [0.717, 1.165) is 5.69 Å². The second kappa shape index (κ2) is 6.48. The summed E-state index contributed by atoms with van der Waals surface area (Å²) < 4.78 is 7.64. The lowest BCUT2D eigenvalue weighted by Gasteiger charge is -2.29. The number of nitrogens with zero attached hydrogens (tertiary/aromatic N) is 6. The highest BCUT2D eigenvalue weighted by molar-refractivity contribution is 6.32. The topological polar surface area (TPSA) is 85.5 Å². The van der Waals surface area contributed by atoms with Gasteiger partial charge in [-0.2, -0.15) is 10.1 Å². The van der Waals surface area contributed by atoms with Crippen molar-refractivity contribution in [1.82, 2.24) is 24.8 Å². The van der Waals surface area contributed by atoms with E-state index >= 15 is 0 Å². The molecule has 136 valence electrons. The van der Waals surface area contributed by atoms with Crippen molar-refractivity contribution < 1.29 is 9.53 Å². The molecule has 0 saturated carbocycles. The van der Waals surface area contributed by atoms with Crippen molar-refractivity contribution in [3.05, 3.63) is 71.5 Å². The van der Waals surface area contributed by atoms with Crippen LogP contribution in [0.1, 0.15) is 25.1 Å². The molecule has 8 nitrogen and oxygen atoms in total. The zero-order chi connectivity index (χ0) is 19.0. The SMILES string of the molecule is CC(=O)N1N=C(c2cn(-c3cccnc3)nc2Cl)OC1(C)c1ccccn1. The molecule has 27 heavy (non-hydrogen) atoms. The molecule has 0 spiro atoms. The molecule has 0 fully saturated rings. The highest BCUT2D eigenvalue weighted by Crippen LogP contribution is 2.36. The molecule has 3 aromatic rings. The number of hydrogen-bond acceptors (Lipinski definition) is 6. The minimum absolute atomic E-state index is 0.193. The number of hydrogen-bond donors (Lipinski definition) is 0. The van der Waals surface area contributed by atoms with Crippen LogP contribution in [0, 0.1) is 0 Å². The Bertz CT molecular complexity index is 1020. The standard InChI is InChI=1S/C18H15ClN6O2/c1-12(26)25-18(2,15-7-3-4-9-21-15)27-17(23-25)14-11-24(22-16(14)19)13-6-5-8-20-10-13/h3-11H,1-2H3. The van der Waals surface area contributed by atoms with Crippen LogP contribution in [0.3, 0.4) is 0 Å². The van der Waals surface area contributed by atoms with Crippen molar-refractivity contribution in [2.75, 3.05) is 0 Å². The molecule has 1 atom stereocenters. The third kappa shape index (κ3) is 2.93. The summed E-state index contributed by atoms with van der Waals surface area (Å²) in [5.74, 6) is -0.0904. The molecule has 4 rings (SSSR count). The van der Waals surface area contributed by atoms with E-state index in [1.54, 1.807) is 54.6 Å². The Kier molecular flexibility index (Phi) is 4.12. The molecule has 1 amide bonds. The Morgan fingerprint density at radius 2 is 2.07 bits per heavy atom. The molecule has 3 aromatic heterocycles. The average molecular weight is 383 g/mol. The van der Waals surface area contributed by atoms with Crippen LogP contribution in [-0.2, 0) is 15.3 Å². The molecule has 0 radical (unpaired) electrons. The molecule has 0 bridgehead atoms. The smallest absolute Gasteiger partial charge is 0.247 e. The van der Waals surface area contributed by atoms with Gasteiger partial charge in [0.05, 0.1) is 17.4 Å². The number of pyridine rings is 2. The van der Waals surface area contributed by atoms with Gasteiger partial charge in [0.15, 0.2) is 5.15 Å². The van der Waals surface area contributed by atoms with Gasteiger partial charge in [0.2, 0.25) is 17.5 Å². The summed E-state index contributed by atoms with van der Waals surface area (Å²) in [6.45, 7) is 3.14. The largest absolute Gasteiger partial charge is 0.441 e. The van der Waals surface area contributed by atoms with Gasteiger partial charge in [-0.15, -0.1) is 5.10 Å². The molecule has 0 aliphatic carbocycles. The van der Waals surface area contributed by atoms with E-state index in [1.165, 1.54) is 11.9 Å². The maximum absolute atomic E-state index is 12.2. The fourth-order valence-electron chi connectivity index (χ4n) is 2.83. The maximum Gasteiger partial charge on any atom is 0.247 e. The number of aromatic nitrogens is 4. The van der Waals surface area contributed by atoms with E-state index in [-0.39, 0.29) is 17.0 Å². The lowest BCUT2D eigenvalue weighted by Crippen LogP contribution is -2.42. The first-order chi connectivity index (χ1) is 13.0. The first-order valence-corrected chi connectivity index (χ1v) is 8.53. The van der Waals surface area contributed by atoms with Crippen LogP contribution in [0.2, 0.25) is 5.15 Å². The summed E-state index contributed by atoms with van der Waals surface area (Å²) in [5, 5.41) is 10.1. The normalized spacial score (nSPS) is 18.9. The highest BCUT2D eigenvalue weighted by atomic mass is 35.5. The number of carbonyl (C=O) groups excluding carboxylic acids is 1. The van der Waals surface area contributed by atoms with Crippen molar-refractivity contribution >= 4 is 23.4 Å². The number of halogens is 1. The molecule has 1 aliphatic rings. The minimum atomic E-state index is -1.18. The quantitative estimate of drug-likeness (QED) is 0.695. The molecular formula is C18H15ClN6O2. The number of ether oxygens (including phenoxy) is 1. The summed E-state index contributed by atoms with van der Waals surface area (Å²) in [6, 6.07) is 9.02. The zero-order valence-corrected chi connectivity index (χ0v) is 15.3. The summed E-state index contributed by atoms with van der Waals surface area (Å²) >= 11 is 6.31. The molecule has 4 heterocycles. The van der Waals surface area contributed by atoms with E-state index in [0.29, 0.717) is 11.3 Å².